The summed E-state index contributed by atoms with van der Waals surface area (Å²) in [5.41, 5.74) is 1.25. The molecule has 1 fully saturated rings. The lowest BCUT2D eigenvalue weighted by atomic mass is 10.0. The van der Waals surface area contributed by atoms with Crippen molar-refractivity contribution in [1.29, 1.82) is 0 Å². The molecule has 0 amide bonds. The fraction of sp³-hybridized carbons (Fsp3) is 0.600. The van der Waals surface area contributed by atoms with Gasteiger partial charge in [0.1, 0.15) is 5.82 Å². The van der Waals surface area contributed by atoms with Gasteiger partial charge >= 0.3 is 0 Å². The smallest absolute Gasteiger partial charge is 0.146 e. The van der Waals surface area contributed by atoms with Gasteiger partial charge in [-0.25, -0.2) is 4.39 Å². The molecular formula is C15H23FN2O. The number of piperazine rings is 1. The predicted molar refractivity (Wildman–Crippen MR) is 76.0 cm³/mol. The summed E-state index contributed by atoms with van der Waals surface area (Å²) in [6.45, 7) is 9.56. The van der Waals surface area contributed by atoms with Crippen molar-refractivity contribution in [2.75, 3.05) is 31.1 Å². The highest BCUT2D eigenvalue weighted by Gasteiger charge is 2.26. The normalized spacial score (nSPS) is 22.6. The van der Waals surface area contributed by atoms with E-state index in [-0.39, 0.29) is 5.82 Å². The van der Waals surface area contributed by atoms with Gasteiger partial charge in [-0.05, 0) is 26.5 Å². The number of likely N-dealkylation sites (N-methyl/N-ethyl adjacent to an activating group) is 1. The number of aliphatic hydroxyl groups is 1. The van der Waals surface area contributed by atoms with Crippen LogP contribution >= 0.6 is 0 Å². The maximum Gasteiger partial charge on any atom is 0.146 e. The number of hydrogen-bond donors (Lipinski definition) is 1. The molecule has 0 radical (unpaired) electrons. The molecule has 0 bridgehead atoms. The second kappa shape index (κ2) is 5.88. The van der Waals surface area contributed by atoms with Crippen LogP contribution in [0, 0.1) is 5.82 Å². The molecule has 3 nitrogen and oxygen atoms in total. The van der Waals surface area contributed by atoms with Gasteiger partial charge < -0.3 is 10.0 Å². The minimum absolute atomic E-state index is 0.240. The van der Waals surface area contributed by atoms with Crippen LogP contribution in [-0.4, -0.2) is 42.2 Å². The van der Waals surface area contributed by atoms with Gasteiger partial charge in [0.2, 0.25) is 0 Å². The Kier molecular flexibility index (Phi) is 4.42. The minimum atomic E-state index is -0.648. The Morgan fingerprint density at radius 3 is 2.74 bits per heavy atom. The largest absolute Gasteiger partial charge is 0.389 e. The van der Waals surface area contributed by atoms with Gasteiger partial charge in [0, 0.05) is 31.2 Å². The first-order valence-electron chi connectivity index (χ1n) is 7.00. The zero-order chi connectivity index (χ0) is 14.0. The molecule has 0 aromatic heterocycles. The van der Waals surface area contributed by atoms with Crippen LogP contribution < -0.4 is 4.90 Å². The third kappa shape index (κ3) is 2.90. The van der Waals surface area contributed by atoms with Crippen LogP contribution in [0.3, 0.4) is 0 Å². The van der Waals surface area contributed by atoms with E-state index in [0.717, 1.165) is 26.2 Å². The molecule has 1 aromatic rings. The highest BCUT2D eigenvalue weighted by molar-refractivity contribution is 5.56. The van der Waals surface area contributed by atoms with Gasteiger partial charge in [-0.3, -0.25) is 4.90 Å². The molecule has 1 unspecified atom stereocenters. The number of benzene rings is 1. The van der Waals surface area contributed by atoms with E-state index in [9.17, 15) is 9.50 Å². The van der Waals surface area contributed by atoms with Crippen LogP contribution in [0.2, 0.25) is 0 Å². The van der Waals surface area contributed by atoms with Crippen LogP contribution in [-0.2, 0) is 0 Å². The highest BCUT2D eigenvalue weighted by atomic mass is 19.1. The summed E-state index contributed by atoms with van der Waals surface area (Å²) < 4.78 is 14.1. The summed E-state index contributed by atoms with van der Waals surface area (Å²) in [7, 11) is 0. The summed E-state index contributed by atoms with van der Waals surface area (Å²) >= 11 is 0. The second-order valence-corrected chi connectivity index (χ2v) is 5.28. The average Bonchev–Trinajstić information content (AvgIpc) is 2.38. The zero-order valence-corrected chi connectivity index (χ0v) is 11.9. The Morgan fingerprint density at radius 2 is 2.16 bits per heavy atom. The fourth-order valence-electron chi connectivity index (χ4n) is 2.87. The maximum atomic E-state index is 14.1. The highest BCUT2D eigenvalue weighted by Crippen LogP contribution is 2.30. The van der Waals surface area contributed by atoms with Crippen molar-refractivity contribution < 1.29 is 9.50 Å². The van der Waals surface area contributed by atoms with E-state index in [2.05, 4.69) is 23.6 Å². The SMILES string of the molecule is CCN1CCN(c2c(F)cccc2[C@H](C)O)CC1C. The van der Waals surface area contributed by atoms with Crippen molar-refractivity contribution in [1.82, 2.24) is 4.90 Å². The topological polar surface area (TPSA) is 26.7 Å². The lowest BCUT2D eigenvalue weighted by Crippen LogP contribution is -2.52. The number of para-hydroxylation sites is 1. The molecule has 1 saturated heterocycles. The predicted octanol–water partition coefficient (Wildman–Crippen LogP) is 2.41. The van der Waals surface area contributed by atoms with Gasteiger partial charge in [0.05, 0.1) is 11.8 Å². The number of anilines is 1. The van der Waals surface area contributed by atoms with Gasteiger partial charge in [0.15, 0.2) is 0 Å². The number of rotatable bonds is 3. The Hall–Kier alpha value is -1.13. The monoisotopic (exact) mass is 266 g/mol. The first-order chi connectivity index (χ1) is 9.04. The van der Waals surface area contributed by atoms with E-state index in [1.807, 2.05) is 0 Å². The summed E-state index contributed by atoms with van der Waals surface area (Å²) in [6.07, 6.45) is -0.648. The average molecular weight is 266 g/mol. The number of aliphatic hydroxyl groups excluding tert-OH is 1. The van der Waals surface area contributed by atoms with Gasteiger partial charge in [-0.1, -0.05) is 19.1 Å². The van der Waals surface area contributed by atoms with E-state index < -0.39 is 6.10 Å². The van der Waals surface area contributed by atoms with Gasteiger partial charge in [-0.15, -0.1) is 0 Å². The Bertz CT molecular complexity index is 436. The summed E-state index contributed by atoms with van der Waals surface area (Å²) in [4.78, 5) is 4.45. The van der Waals surface area contributed by atoms with E-state index >= 15 is 0 Å². The molecule has 2 atom stereocenters. The Labute approximate surface area is 114 Å². The first-order valence-corrected chi connectivity index (χ1v) is 7.00. The Balaban J connectivity index is 2.28. The number of hydrogen-bond acceptors (Lipinski definition) is 3. The molecule has 0 saturated carbocycles. The minimum Gasteiger partial charge on any atom is -0.389 e. The molecule has 1 aromatic carbocycles. The molecule has 0 spiro atoms. The molecule has 1 aliphatic heterocycles. The van der Waals surface area contributed by atoms with Crippen molar-refractivity contribution in [3.8, 4) is 0 Å². The zero-order valence-electron chi connectivity index (χ0n) is 11.9. The lowest BCUT2D eigenvalue weighted by molar-refractivity contribution is 0.191. The van der Waals surface area contributed by atoms with Crippen molar-refractivity contribution >= 4 is 5.69 Å². The molecule has 1 N–H and O–H groups in total. The molecule has 1 heterocycles. The van der Waals surface area contributed by atoms with Crippen molar-refractivity contribution in [3.05, 3.63) is 29.6 Å². The summed E-state index contributed by atoms with van der Waals surface area (Å²) in [6, 6.07) is 5.34. The molecule has 19 heavy (non-hydrogen) atoms. The molecule has 2 rings (SSSR count). The van der Waals surface area contributed by atoms with E-state index in [1.54, 1.807) is 19.1 Å². The molecule has 4 heteroatoms. The standard InChI is InChI=1S/C15H23FN2O/c1-4-17-8-9-18(10-11(17)2)15-13(12(3)19)6-5-7-14(15)16/h5-7,11-12,19H,4,8-10H2,1-3H3/t11?,12-/m0/s1. The number of nitrogens with zero attached hydrogens (tertiary/aromatic N) is 2. The van der Waals surface area contributed by atoms with Crippen molar-refractivity contribution in [2.45, 2.75) is 32.9 Å². The summed E-state index contributed by atoms with van der Waals surface area (Å²) in [5, 5.41) is 9.82. The third-order valence-electron chi connectivity index (χ3n) is 3.96. The van der Waals surface area contributed by atoms with Crippen molar-refractivity contribution in [2.24, 2.45) is 0 Å². The van der Waals surface area contributed by atoms with Gasteiger partial charge in [0.25, 0.3) is 0 Å². The molecule has 1 aliphatic rings. The first kappa shape index (κ1) is 14.3. The maximum absolute atomic E-state index is 14.1. The van der Waals surface area contributed by atoms with E-state index in [4.69, 9.17) is 0 Å². The molecule has 106 valence electrons. The van der Waals surface area contributed by atoms with Crippen LogP contribution in [0.5, 0.6) is 0 Å². The molecule has 0 aliphatic carbocycles. The lowest BCUT2D eigenvalue weighted by Gasteiger charge is -2.41. The quantitative estimate of drug-likeness (QED) is 0.910. The molecular weight excluding hydrogens is 243 g/mol. The van der Waals surface area contributed by atoms with Crippen LogP contribution in [0.25, 0.3) is 0 Å². The van der Waals surface area contributed by atoms with Gasteiger partial charge in [-0.2, -0.15) is 0 Å². The van der Waals surface area contributed by atoms with Crippen LogP contribution in [0.15, 0.2) is 18.2 Å². The second-order valence-electron chi connectivity index (χ2n) is 5.28. The Morgan fingerprint density at radius 1 is 1.42 bits per heavy atom. The summed E-state index contributed by atoms with van der Waals surface area (Å²) in [5.74, 6) is -0.240. The third-order valence-corrected chi connectivity index (χ3v) is 3.96. The van der Waals surface area contributed by atoms with Crippen molar-refractivity contribution in [3.63, 3.8) is 0 Å². The van der Waals surface area contributed by atoms with E-state index in [1.165, 1.54) is 6.07 Å². The van der Waals surface area contributed by atoms with Crippen LogP contribution in [0.4, 0.5) is 10.1 Å². The fourth-order valence-corrected chi connectivity index (χ4v) is 2.87. The van der Waals surface area contributed by atoms with Crippen LogP contribution in [0.1, 0.15) is 32.4 Å². The number of halogens is 1. The van der Waals surface area contributed by atoms with E-state index in [0.29, 0.717) is 17.3 Å².